The Bertz CT molecular complexity index is 991. The van der Waals surface area contributed by atoms with Crippen molar-refractivity contribution in [1.82, 2.24) is 14.9 Å². The van der Waals surface area contributed by atoms with Crippen molar-refractivity contribution >= 4 is 0 Å². The van der Waals surface area contributed by atoms with Crippen LogP contribution < -0.4 is 9.47 Å². The summed E-state index contributed by atoms with van der Waals surface area (Å²) in [5.41, 5.74) is 5.08. The Balaban J connectivity index is 1.55. The molecule has 1 atom stereocenters. The molecule has 0 radical (unpaired) electrons. The van der Waals surface area contributed by atoms with Gasteiger partial charge in [-0.05, 0) is 42.8 Å². The Hall–Kier alpha value is -2.96. The molecule has 1 aromatic heterocycles. The predicted octanol–water partition coefficient (Wildman–Crippen LogP) is 4.04. The molecule has 6 nitrogen and oxygen atoms in total. The second-order valence-electron chi connectivity index (χ2n) is 7.43. The fourth-order valence-corrected chi connectivity index (χ4v) is 3.79. The van der Waals surface area contributed by atoms with Crippen LogP contribution in [0.3, 0.4) is 0 Å². The molecule has 1 saturated heterocycles. The largest absolute Gasteiger partial charge is 0.497 e. The van der Waals surface area contributed by atoms with E-state index >= 15 is 0 Å². The molecule has 0 aliphatic carbocycles. The fourth-order valence-electron chi connectivity index (χ4n) is 3.79. The summed E-state index contributed by atoms with van der Waals surface area (Å²) in [7, 11) is 3.39. The van der Waals surface area contributed by atoms with Crippen molar-refractivity contribution in [2.75, 3.05) is 33.9 Å². The molecule has 0 N–H and O–H groups in total. The number of aryl methyl sites for hydroxylation is 1. The molecule has 1 unspecified atom stereocenters. The van der Waals surface area contributed by atoms with E-state index in [1.807, 2.05) is 24.3 Å². The van der Waals surface area contributed by atoms with Crippen LogP contribution in [0.2, 0.25) is 0 Å². The average Bonchev–Trinajstić information content (AvgIpc) is 2.80. The molecule has 2 heterocycles. The minimum Gasteiger partial charge on any atom is -0.497 e. The van der Waals surface area contributed by atoms with E-state index in [0.717, 1.165) is 48.1 Å². The number of ether oxygens (including phenoxy) is 3. The van der Waals surface area contributed by atoms with Crippen molar-refractivity contribution in [1.29, 1.82) is 0 Å². The number of hydrogen-bond donors (Lipinski definition) is 0. The van der Waals surface area contributed by atoms with Gasteiger partial charge in [-0.2, -0.15) is 0 Å². The SMILES string of the molecule is COc1ccc(-c2nccnc2C2CN(Cc3ccc(C)cc3OC)CCO2)cc1. The molecule has 3 aromatic rings. The second kappa shape index (κ2) is 9.24. The third kappa shape index (κ3) is 4.45. The van der Waals surface area contributed by atoms with E-state index in [2.05, 4.69) is 40.0 Å². The van der Waals surface area contributed by atoms with E-state index < -0.39 is 0 Å². The van der Waals surface area contributed by atoms with Crippen molar-refractivity contribution < 1.29 is 14.2 Å². The number of benzene rings is 2. The smallest absolute Gasteiger partial charge is 0.123 e. The molecule has 1 aliphatic heterocycles. The highest BCUT2D eigenvalue weighted by molar-refractivity contribution is 5.62. The van der Waals surface area contributed by atoms with Gasteiger partial charge in [-0.25, -0.2) is 0 Å². The van der Waals surface area contributed by atoms with Gasteiger partial charge in [-0.15, -0.1) is 0 Å². The van der Waals surface area contributed by atoms with Crippen LogP contribution in [0.1, 0.15) is 22.9 Å². The van der Waals surface area contributed by atoms with E-state index in [4.69, 9.17) is 14.2 Å². The first-order valence-electron chi connectivity index (χ1n) is 10.1. The number of methoxy groups -OCH3 is 2. The lowest BCUT2D eigenvalue weighted by Gasteiger charge is -2.33. The lowest BCUT2D eigenvalue weighted by atomic mass is 10.0. The lowest BCUT2D eigenvalue weighted by Crippen LogP contribution is -2.38. The molecule has 156 valence electrons. The first-order valence-corrected chi connectivity index (χ1v) is 10.1. The van der Waals surface area contributed by atoms with Gasteiger partial charge in [0.2, 0.25) is 0 Å². The predicted molar refractivity (Wildman–Crippen MR) is 116 cm³/mol. The molecule has 6 heteroatoms. The topological polar surface area (TPSA) is 56.7 Å². The van der Waals surface area contributed by atoms with Gasteiger partial charge in [0, 0.05) is 43.2 Å². The Labute approximate surface area is 177 Å². The van der Waals surface area contributed by atoms with Gasteiger partial charge in [-0.1, -0.05) is 12.1 Å². The number of aromatic nitrogens is 2. The monoisotopic (exact) mass is 405 g/mol. The van der Waals surface area contributed by atoms with Crippen molar-refractivity contribution in [2.45, 2.75) is 19.6 Å². The van der Waals surface area contributed by atoms with Gasteiger partial charge >= 0.3 is 0 Å². The molecule has 0 spiro atoms. The van der Waals surface area contributed by atoms with Crippen LogP contribution in [0.15, 0.2) is 54.9 Å². The zero-order valence-electron chi connectivity index (χ0n) is 17.7. The highest BCUT2D eigenvalue weighted by Gasteiger charge is 2.26. The highest BCUT2D eigenvalue weighted by Crippen LogP contribution is 2.31. The summed E-state index contributed by atoms with van der Waals surface area (Å²) >= 11 is 0. The van der Waals surface area contributed by atoms with Crippen LogP contribution >= 0.6 is 0 Å². The van der Waals surface area contributed by atoms with Gasteiger partial charge in [0.25, 0.3) is 0 Å². The van der Waals surface area contributed by atoms with Crippen molar-refractivity contribution in [3.8, 4) is 22.8 Å². The van der Waals surface area contributed by atoms with E-state index in [1.165, 1.54) is 11.1 Å². The molecular formula is C24H27N3O3. The van der Waals surface area contributed by atoms with Crippen LogP contribution in [0, 0.1) is 6.92 Å². The van der Waals surface area contributed by atoms with Crippen LogP contribution in [0.25, 0.3) is 11.3 Å². The molecule has 1 aliphatic rings. The van der Waals surface area contributed by atoms with E-state index in [-0.39, 0.29) is 6.10 Å². The number of hydrogen-bond acceptors (Lipinski definition) is 6. The summed E-state index contributed by atoms with van der Waals surface area (Å²) in [6, 6.07) is 14.2. The molecule has 30 heavy (non-hydrogen) atoms. The maximum atomic E-state index is 6.11. The summed E-state index contributed by atoms with van der Waals surface area (Å²) in [6.07, 6.45) is 3.31. The maximum absolute atomic E-state index is 6.11. The van der Waals surface area contributed by atoms with Crippen molar-refractivity contribution in [3.63, 3.8) is 0 Å². The minimum absolute atomic E-state index is 0.138. The summed E-state index contributed by atoms with van der Waals surface area (Å²) in [5.74, 6) is 1.74. The summed E-state index contributed by atoms with van der Waals surface area (Å²) in [6.45, 7) is 5.15. The maximum Gasteiger partial charge on any atom is 0.123 e. The molecule has 0 saturated carbocycles. The summed E-state index contributed by atoms with van der Waals surface area (Å²) in [5, 5.41) is 0. The summed E-state index contributed by atoms with van der Waals surface area (Å²) < 4.78 is 17.0. The quantitative estimate of drug-likeness (QED) is 0.617. The van der Waals surface area contributed by atoms with Gasteiger partial charge in [0.15, 0.2) is 0 Å². The molecule has 1 fully saturated rings. The van der Waals surface area contributed by atoms with Gasteiger partial charge in [-0.3, -0.25) is 14.9 Å². The zero-order chi connectivity index (χ0) is 20.9. The first-order chi connectivity index (χ1) is 14.7. The molecular weight excluding hydrogens is 378 g/mol. The highest BCUT2D eigenvalue weighted by atomic mass is 16.5. The Morgan fingerprint density at radius 1 is 1.03 bits per heavy atom. The number of nitrogens with zero attached hydrogens (tertiary/aromatic N) is 3. The fraction of sp³-hybridized carbons (Fsp3) is 0.333. The van der Waals surface area contributed by atoms with Crippen LogP contribution in [0.5, 0.6) is 11.5 Å². The standard InChI is InChI=1S/C24H27N3O3/c1-17-4-5-19(21(14-17)29-3)15-27-12-13-30-22(16-27)24-23(25-10-11-26-24)18-6-8-20(28-2)9-7-18/h4-11,14,22H,12-13,15-16H2,1-3H3. The normalized spacial score (nSPS) is 17.0. The van der Waals surface area contributed by atoms with Crippen molar-refractivity contribution in [2.24, 2.45) is 0 Å². The molecule has 2 aromatic carbocycles. The minimum atomic E-state index is -0.138. The Kier molecular flexibility index (Phi) is 6.26. The van der Waals surface area contributed by atoms with Crippen LogP contribution in [-0.2, 0) is 11.3 Å². The summed E-state index contributed by atoms with van der Waals surface area (Å²) in [4.78, 5) is 11.6. The first kappa shape index (κ1) is 20.3. The number of morpholine rings is 1. The van der Waals surface area contributed by atoms with Crippen LogP contribution in [0.4, 0.5) is 0 Å². The third-order valence-corrected chi connectivity index (χ3v) is 5.38. The molecule has 4 rings (SSSR count). The Morgan fingerprint density at radius 2 is 1.83 bits per heavy atom. The molecule has 0 bridgehead atoms. The average molecular weight is 405 g/mol. The lowest BCUT2D eigenvalue weighted by molar-refractivity contribution is -0.0350. The van der Waals surface area contributed by atoms with E-state index in [1.54, 1.807) is 26.6 Å². The Morgan fingerprint density at radius 3 is 2.60 bits per heavy atom. The van der Waals surface area contributed by atoms with E-state index in [9.17, 15) is 0 Å². The van der Waals surface area contributed by atoms with E-state index in [0.29, 0.717) is 6.61 Å². The van der Waals surface area contributed by atoms with Crippen molar-refractivity contribution in [3.05, 3.63) is 71.7 Å². The third-order valence-electron chi connectivity index (χ3n) is 5.38. The number of rotatable bonds is 6. The zero-order valence-corrected chi connectivity index (χ0v) is 17.7. The van der Waals surface area contributed by atoms with Gasteiger partial charge in [0.05, 0.1) is 32.2 Å². The van der Waals surface area contributed by atoms with Gasteiger partial charge < -0.3 is 14.2 Å². The van der Waals surface area contributed by atoms with Crippen LogP contribution in [-0.4, -0.2) is 48.8 Å². The van der Waals surface area contributed by atoms with Gasteiger partial charge in [0.1, 0.15) is 17.6 Å². The molecule has 0 amide bonds. The second-order valence-corrected chi connectivity index (χ2v) is 7.43.